The topological polar surface area (TPSA) is 43.8 Å². The van der Waals surface area contributed by atoms with Gasteiger partial charge in [0.2, 0.25) is 0 Å². The van der Waals surface area contributed by atoms with E-state index in [0.29, 0.717) is 11.3 Å². The molecule has 0 saturated heterocycles. The van der Waals surface area contributed by atoms with Crippen molar-refractivity contribution in [1.82, 2.24) is 9.78 Å². The van der Waals surface area contributed by atoms with Crippen molar-refractivity contribution in [1.29, 1.82) is 0 Å². The van der Waals surface area contributed by atoms with Crippen LogP contribution in [0.25, 0.3) is 0 Å². The van der Waals surface area contributed by atoms with E-state index in [0.717, 1.165) is 24.9 Å². The Labute approximate surface area is 105 Å². The van der Waals surface area contributed by atoms with Crippen molar-refractivity contribution in [3.63, 3.8) is 0 Å². The largest absolute Gasteiger partial charge is 0.324 e. The normalized spacial score (nSPS) is 15.9. The molecule has 0 bridgehead atoms. The van der Waals surface area contributed by atoms with Crippen LogP contribution in [0.1, 0.15) is 59.1 Å². The van der Waals surface area contributed by atoms with Gasteiger partial charge in [0.25, 0.3) is 0 Å². The number of nitrogens with two attached hydrogens (primary N) is 1. The molecule has 0 radical (unpaired) electrons. The molecule has 0 aliphatic heterocycles. The summed E-state index contributed by atoms with van der Waals surface area (Å²) in [6.07, 6.45) is 6.12. The van der Waals surface area contributed by atoms with Crippen molar-refractivity contribution in [2.45, 2.75) is 60.0 Å². The standard InChI is InChI=1S/C14H27N3/c1-6-7-17-10-12(9-16-17)13(15)8-11(2)14(3,4)5/h9-11,13H,6-8,15H2,1-5H3. The Balaban J connectivity index is 2.60. The molecule has 1 rings (SSSR count). The van der Waals surface area contributed by atoms with Gasteiger partial charge in [-0.3, -0.25) is 4.68 Å². The van der Waals surface area contributed by atoms with E-state index in [4.69, 9.17) is 5.73 Å². The van der Waals surface area contributed by atoms with Crippen LogP contribution in [0.2, 0.25) is 0 Å². The van der Waals surface area contributed by atoms with E-state index in [1.54, 1.807) is 0 Å². The molecule has 1 aromatic rings. The minimum Gasteiger partial charge on any atom is -0.324 e. The Morgan fingerprint density at radius 2 is 2.06 bits per heavy atom. The highest BCUT2D eigenvalue weighted by molar-refractivity contribution is 5.09. The van der Waals surface area contributed by atoms with E-state index in [9.17, 15) is 0 Å². The van der Waals surface area contributed by atoms with Gasteiger partial charge in [0.1, 0.15) is 0 Å². The van der Waals surface area contributed by atoms with E-state index < -0.39 is 0 Å². The van der Waals surface area contributed by atoms with Gasteiger partial charge < -0.3 is 5.73 Å². The van der Waals surface area contributed by atoms with E-state index in [2.05, 4.69) is 45.9 Å². The van der Waals surface area contributed by atoms with Gasteiger partial charge in [-0.1, -0.05) is 34.6 Å². The minimum absolute atomic E-state index is 0.106. The lowest BCUT2D eigenvalue weighted by molar-refractivity contribution is 0.234. The molecular formula is C14H27N3. The summed E-state index contributed by atoms with van der Waals surface area (Å²) in [6.45, 7) is 12.2. The van der Waals surface area contributed by atoms with Gasteiger partial charge in [-0.2, -0.15) is 5.10 Å². The van der Waals surface area contributed by atoms with E-state index in [1.807, 2.05) is 10.9 Å². The Morgan fingerprint density at radius 3 is 2.59 bits per heavy atom. The highest BCUT2D eigenvalue weighted by Crippen LogP contribution is 2.32. The second-order valence-electron chi connectivity index (χ2n) is 6.15. The fourth-order valence-corrected chi connectivity index (χ4v) is 1.79. The number of aryl methyl sites for hydroxylation is 1. The van der Waals surface area contributed by atoms with Crippen LogP contribution in [-0.2, 0) is 6.54 Å². The maximum Gasteiger partial charge on any atom is 0.0537 e. The zero-order valence-electron chi connectivity index (χ0n) is 11.9. The van der Waals surface area contributed by atoms with E-state index in [-0.39, 0.29) is 6.04 Å². The van der Waals surface area contributed by atoms with Crippen LogP contribution in [0.15, 0.2) is 12.4 Å². The van der Waals surface area contributed by atoms with Crippen LogP contribution < -0.4 is 5.73 Å². The molecule has 0 aliphatic carbocycles. The third-order valence-electron chi connectivity index (χ3n) is 3.62. The first kappa shape index (κ1) is 14.2. The first-order chi connectivity index (χ1) is 7.84. The number of hydrogen-bond acceptors (Lipinski definition) is 2. The Morgan fingerprint density at radius 1 is 1.41 bits per heavy atom. The van der Waals surface area contributed by atoms with Crippen LogP contribution in [0.3, 0.4) is 0 Å². The van der Waals surface area contributed by atoms with Crippen molar-refractivity contribution in [2.24, 2.45) is 17.1 Å². The van der Waals surface area contributed by atoms with Crippen LogP contribution in [0.4, 0.5) is 0 Å². The summed E-state index contributed by atoms with van der Waals surface area (Å²) in [6, 6.07) is 0.106. The van der Waals surface area contributed by atoms with Gasteiger partial charge in [-0.25, -0.2) is 0 Å². The molecule has 0 aliphatic rings. The molecule has 3 nitrogen and oxygen atoms in total. The highest BCUT2D eigenvalue weighted by atomic mass is 15.3. The molecule has 0 aromatic carbocycles. The summed E-state index contributed by atoms with van der Waals surface area (Å²) >= 11 is 0. The predicted molar refractivity (Wildman–Crippen MR) is 72.7 cm³/mol. The van der Waals surface area contributed by atoms with E-state index >= 15 is 0 Å². The van der Waals surface area contributed by atoms with Gasteiger partial charge in [0.05, 0.1) is 6.20 Å². The molecule has 2 N–H and O–H groups in total. The number of rotatable bonds is 5. The molecule has 3 heteroatoms. The Bertz CT molecular complexity index is 335. The zero-order chi connectivity index (χ0) is 13.1. The summed E-state index contributed by atoms with van der Waals surface area (Å²) in [5.41, 5.74) is 7.73. The third kappa shape index (κ3) is 4.15. The fraction of sp³-hybridized carbons (Fsp3) is 0.786. The predicted octanol–water partition coefficient (Wildman–Crippen LogP) is 3.37. The van der Waals surface area contributed by atoms with Gasteiger partial charge in [-0.05, 0) is 24.2 Å². The Hall–Kier alpha value is -0.830. The summed E-state index contributed by atoms with van der Waals surface area (Å²) in [4.78, 5) is 0. The molecule has 0 amide bonds. The number of hydrogen-bond donors (Lipinski definition) is 1. The summed E-state index contributed by atoms with van der Waals surface area (Å²) in [5, 5.41) is 4.33. The second-order valence-corrected chi connectivity index (χ2v) is 6.15. The van der Waals surface area contributed by atoms with Crippen LogP contribution in [0, 0.1) is 11.3 Å². The first-order valence-electron chi connectivity index (χ1n) is 6.62. The summed E-state index contributed by atoms with van der Waals surface area (Å²) in [5.74, 6) is 0.604. The van der Waals surface area contributed by atoms with Gasteiger partial charge in [0, 0.05) is 24.3 Å². The zero-order valence-corrected chi connectivity index (χ0v) is 11.9. The van der Waals surface area contributed by atoms with Crippen molar-refractivity contribution in [3.8, 4) is 0 Å². The molecule has 1 aromatic heterocycles. The highest BCUT2D eigenvalue weighted by Gasteiger charge is 2.23. The first-order valence-corrected chi connectivity index (χ1v) is 6.62. The SMILES string of the molecule is CCCn1cc(C(N)CC(C)C(C)(C)C)cn1. The average Bonchev–Trinajstić information content (AvgIpc) is 2.65. The number of aromatic nitrogens is 2. The molecule has 0 fully saturated rings. The van der Waals surface area contributed by atoms with Gasteiger partial charge in [-0.15, -0.1) is 0 Å². The fourth-order valence-electron chi connectivity index (χ4n) is 1.79. The van der Waals surface area contributed by atoms with Crippen LogP contribution >= 0.6 is 0 Å². The quantitative estimate of drug-likeness (QED) is 0.853. The smallest absolute Gasteiger partial charge is 0.0537 e. The van der Waals surface area contributed by atoms with Gasteiger partial charge >= 0.3 is 0 Å². The lowest BCUT2D eigenvalue weighted by Gasteiger charge is -2.29. The van der Waals surface area contributed by atoms with Crippen molar-refractivity contribution in [3.05, 3.63) is 18.0 Å². The maximum atomic E-state index is 6.25. The maximum absolute atomic E-state index is 6.25. The van der Waals surface area contributed by atoms with Crippen molar-refractivity contribution >= 4 is 0 Å². The molecule has 0 spiro atoms. The lowest BCUT2D eigenvalue weighted by Crippen LogP contribution is -2.23. The lowest BCUT2D eigenvalue weighted by atomic mass is 9.78. The molecule has 1 heterocycles. The Kier molecular flexibility index (Phi) is 4.75. The summed E-state index contributed by atoms with van der Waals surface area (Å²) < 4.78 is 1.98. The van der Waals surface area contributed by atoms with Crippen LogP contribution in [-0.4, -0.2) is 9.78 Å². The molecule has 2 atom stereocenters. The number of nitrogens with zero attached hydrogens (tertiary/aromatic N) is 2. The molecule has 2 unspecified atom stereocenters. The average molecular weight is 237 g/mol. The van der Waals surface area contributed by atoms with E-state index in [1.165, 1.54) is 0 Å². The van der Waals surface area contributed by atoms with Crippen LogP contribution in [0.5, 0.6) is 0 Å². The summed E-state index contributed by atoms with van der Waals surface area (Å²) in [7, 11) is 0. The minimum atomic E-state index is 0.106. The van der Waals surface area contributed by atoms with Crippen molar-refractivity contribution < 1.29 is 0 Å². The molecule has 17 heavy (non-hydrogen) atoms. The third-order valence-corrected chi connectivity index (χ3v) is 3.62. The second kappa shape index (κ2) is 5.67. The molecule has 98 valence electrons. The molecular weight excluding hydrogens is 210 g/mol. The van der Waals surface area contributed by atoms with Gasteiger partial charge in [0.15, 0.2) is 0 Å². The molecule has 0 saturated carbocycles. The monoisotopic (exact) mass is 237 g/mol. The van der Waals surface area contributed by atoms with Crippen molar-refractivity contribution in [2.75, 3.05) is 0 Å².